The molecule has 1 amide bonds. The number of carbonyl (C=O) groups is 1. The number of fused-ring (bicyclic) bond motifs is 1. The summed E-state index contributed by atoms with van der Waals surface area (Å²) in [4.78, 5) is 19.6. The number of nitrogens with zero attached hydrogens (tertiary/aromatic N) is 3. The summed E-state index contributed by atoms with van der Waals surface area (Å²) < 4.78 is 1.95. The van der Waals surface area contributed by atoms with Crippen molar-refractivity contribution in [1.82, 2.24) is 14.9 Å². The lowest BCUT2D eigenvalue weighted by Gasteiger charge is -2.26. The van der Waals surface area contributed by atoms with Crippen LogP contribution in [0.4, 0.5) is 5.69 Å². The van der Waals surface area contributed by atoms with Crippen LogP contribution in [0.5, 0.6) is 0 Å². The Kier molecular flexibility index (Phi) is 4.67. The second kappa shape index (κ2) is 7.27. The van der Waals surface area contributed by atoms with Gasteiger partial charge in [0.15, 0.2) is 0 Å². The van der Waals surface area contributed by atoms with Gasteiger partial charge in [-0.2, -0.15) is 0 Å². The molecule has 5 nitrogen and oxygen atoms in total. The number of rotatable bonds is 5. The van der Waals surface area contributed by atoms with Crippen molar-refractivity contribution >= 4 is 11.6 Å². The highest BCUT2D eigenvalue weighted by Gasteiger charge is 2.28. The molecular formula is C22H24N4O. The molecule has 27 heavy (non-hydrogen) atoms. The largest absolute Gasteiger partial charge is 0.359 e. The number of hydrogen-bond donors (Lipinski definition) is 1. The fraction of sp³-hybridized carbons (Fsp3) is 0.273. The van der Waals surface area contributed by atoms with Gasteiger partial charge in [0.2, 0.25) is 5.91 Å². The van der Waals surface area contributed by atoms with Gasteiger partial charge in [-0.1, -0.05) is 48.5 Å². The Balaban J connectivity index is 1.55. The highest BCUT2D eigenvalue weighted by atomic mass is 16.2. The number of amides is 1. The summed E-state index contributed by atoms with van der Waals surface area (Å²) in [6, 6.07) is 18.4. The molecule has 1 aromatic heterocycles. The van der Waals surface area contributed by atoms with E-state index < -0.39 is 0 Å². The van der Waals surface area contributed by atoms with Crippen LogP contribution in [0.15, 0.2) is 67.0 Å². The zero-order valence-electron chi connectivity index (χ0n) is 15.7. The standard InChI is InChI=1S/C22H24N4O/c1-16-14-18-10-6-7-11-19(18)26(16)15-20(27)24-21(17-8-4-3-5-9-17)22-23-12-13-25(22)2/h3-13,16,21H,14-15H2,1-2H3,(H,24,27)/t16-,21-/m0/s1. The maximum absolute atomic E-state index is 13.0. The number of nitrogens with one attached hydrogen (secondary N) is 1. The highest BCUT2D eigenvalue weighted by molar-refractivity contribution is 5.83. The molecule has 0 saturated heterocycles. The minimum absolute atomic E-state index is 0.00425. The van der Waals surface area contributed by atoms with E-state index in [0.717, 1.165) is 23.5 Å². The van der Waals surface area contributed by atoms with Gasteiger partial charge in [0.25, 0.3) is 0 Å². The molecule has 0 fully saturated rings. The Morgan fingerprint density at radius 1 is 1.19 bits per heavy atom. The number of aryl methyl sites for hydroxylation is 1. The molecule has 0 aliphatic carbocycles. The molecule has 1 N–H and O–H groups in total. The summed E-state index contributed by atoms with van der Waals surface area (Å²) in [5.74, 6) is 0.819. The number of hydrogen-bond acceptors (Lipinski definition) is 3. The monoisotopic (exact) mass is 360 g/mol. The third kappa shape index (κ3) is 3.45. The summed E-state index contributed by atoms with van der Waals surface area (Å²) in [5.41, 5.74) is 3.49. The molecule has 138 valence electrons. The van der Waals surface area contributed by atoms with E-state index in [4.69, 9.17) is 0 Å². The minimum Gasteiger partial charge on any atom is -0.359 e. The molecule has 0 bridgehead atoms. The molecule has 5 heteroatoms. The molecule has 1 aliphatic rings. The molecule has 2 aromatic carbocycles. The van der Waals surface area contributed by atoms with E-state index >= 15 is 0 Å². The second-order valence-corrected chi connectivity index (χ2v) is 7.12. The molecule has 3 aromatic rings. The molecule has 2 atom stereocenters. The summed E-state index contributed by atoms with van der Waals surface area (Å²) in [6.45, 7) is 2.51. The first-order valence-electron chi connectivity index (χ1n) is 9.29. The lowest BCUT2D eigenvalue weighted by molar-refractivity contribution is -0.120. The van der Waals surface area contributed by atoms with Crippen LogP contribution in [0.25, 0.3) is 0 Å². The maximum atomic E-state index is 13.0. The number of aromatic nitrogens is 2. The van der Waals surface area contributed by atoms with Crippen LogP contribution >= 0.6 is 0 Å². The van der Waals surface area contributed by atoms with Crippen molar-refractivity contribution in [2.45, 2.75) is 25.4 Å². The van der Waals surface area contributed by atoms with E-state index in [0.29, 0.717) is 12.6 Å². The van der Waals surface area contributed by atoms with Crippen molar-refractivity contribution in [1.29, 1.82) is 0 Å². The van der Waals surface area contributed by atoms with E-state index in [1.54, 1.807) is 6.20 Å². The summed E-state index contributed by atoms with van der Waals surface area (Å²) >= 11 is 0. The van der Waals surface area contributed by atoms with Crippen LogP contribution in [0.1, 0.15) is 29.9 Å². The normalized spacial score (nSPS) is 16.8. The third-order valence-electron chi connectivity index (χ3n) is 5.22. The summed E-state index contributed by atoms with van der Waals surface area (Å²) in [7, 11) is 1.95. The maximum Gasteiger partial charge on any atom is 0.240 e. The second-order valence-electron chi connectivity index (χ2n) is 7.12. The van der Waals surface area contributed by atoms with Gasteiger partial charge in [0, 0.05) is 31.2 Å². The molecule has 0 spiro atoms. The minimum atomic E-state index is -0.271. The average Bonchev–Trinajstić information content (AvgIpc) is 3.24. The molecule has 2 heterocycles. The van der Waals surface area contributed by atoms with Crippen LogP contribution < -0.4 is 10.2 Å². The first kappa shape index (κ1) is 17.3. The van der Waals surface area contributed by atoms with Gasteiger partial charge < -0.3 is 14.8 Å². The van der Waals surface area contributed by atoms with E-state index in [-0.39, 0.29) is 11.9 Å². The van der Waals surface area contributed by atoms with Gasteiger partial charge >= 0.3 is 0 Å². The first-order chi connectivity index (χ1) is 13.1. The predicted octanol–water partition coefficient (Wildman–Crippen LogP) is 3.08. The number of anilines is 1. The summed E-state index contributed by atoms with van der Waals surface area (Å²) in [5, 5.41) is 3.19. The molecular weight excluding hydrogens is 336 g/mol. The Morgan fingerprint density at radius 2 is 1.93 bits per heavy atom. The van der Waals surface area contributed by atoms with E-state index in [9.17, 15) is 4.79 Å². The van der Waals surface area contributed by atoms with Crippen molar-refractivity contribution < 1.29 is 4.79 Å². The SMILES string of the molecule is C[C@H]1Cc2ccccc2N1CC(=O)N[C@@H](c1ccccc1)c1nccn1C. The number of benzene rings is 2. The van der Waals surface area contributed by atoms with Crippen LogP contribution in [0.3, 0.4) is 0 Å². The first-order valence-corrected chi connectivity index (χ1v) is 9.29. The predicted molar refractivity (Wildman–Crippen MR) is 107 cm³/mol. The van der Waals surface area contributed by atoms with Crippen molar-refractivity contribution in [2.75, 3.05) is 11.4 Å². The van der Waals surface area contributed by atoms with Crippen molar-refractivity contribution in [3.05, 3.63) is 83.9 Å². The molecule has 0 radical (unpaired) electrons. The van der Waals surface area contributed by atoms with Gasteiger partial charge in [-0.3, -0.25) is 4.79 Å². The number of para-hydroxylation sites is 1. The Labute approximate surface area is 159 Å². The van der Waals surface area contributed by atoms with Crippen LogP contribution in [-0.4, -0.2) is 28.0 Å². The van der Waals surface area contributed by atoms with Crippen LogP contribution in [0, 0.1) is 0 Å². The molecule has 1 aliphatic heterocycles. The lowest BCUT2D eigenvalue weighted by atomic mass is 10.1. The average molecular weight is 360 g/mol. The zero-order valence-corrected chi connectivity index (χ0v) is 15.7. The van der Waals surface area contributed by atoms with E-state index in [1.807, 2.05) is 54.2 Å². The molecule has 4 rings (SSSR count). The van der Waals surface area contributed by atoms with Crippen LogP contribution in [0.2, 0.25) is 0 Å². The molecule has 0 unspecified atom stereocenters. The van der Waals surface area contributed by atoms with Gasteiger partial charge in [-0.05, 0) is 30.5 Å². The van der Waals surface area contributed by atoms with Crippen molar-refractivity contribution in [2.24, 2.45) is 7.05 Å². The Hall–Kier alpha value is -3.08. The van der Waals surface area contributed by atoms with E-state index in [2.05, 4.69) is 40.3 Å². The molecule has 0 saturated carbocycles. The smallest absolute Gasteiger partial charge is 0.240 e. The number of carbonyl (C=O) groups excluding carboxylic acids is 1. The van der Waals surface area contributed by atoms with Crippen molar-refractivity contribution in [3.8, 4) is 0 Å². The fourth-order valence-electron chi connectivity index (χ4n) is 3.83. The van der Waals surface area contributed by atoms with Gasteiger partial charge in [0.1, 0.15) is 11.9 Å². The fourth-order valence-corrected chi connectivity index (χ4v) is 3.83. The highest BCUT2D eigenvalue weighted by Crippen LogP contribution is 2.31. The van der Waals surface area contributed by atoms with Gasteiger partial charge in [0.05, 0.1) is 6.54 Å². The third-order valence-corrected chi connectivity index (χ3v) is 5.22. The van der Waals surface area contributed by atoms with Gasteiger partial charge in [-0.25, -0.2) is 4.98 Å². The number of imidazole rings is 1. The zero-order chi connectivity index (χ0) is 18.8. The van der Waals surface area contributed by atoms with Gasteiger partial charge in [-0.15, -0.1) is 0 Å². The van der Waals surface area contributed by atoms with Crippen molar-refractivity contribution in [3.63, 3.8) is 0 Å². The van der Waals surface area contributed by atoms with Crippen LogP contribution in [-0.2, 0) is 18.3 Å². The lowest BCUT2D eigenvalue weighted by Crippen LogP contribution is -2.42. The quantitative estimate of drug-likeness (QED) is 0.761. The van der Waals surface area contributed by atoms with E-state index in [1.165, 1.54) is 5.56 Å². The summed E-state index contributed by atoms with van der Waals surface area (Å²) in [6.07, 6.45) is 4.64. The Bertz CT molecular complexity index is 934. The Morgan fingerprint density at radius 3 is 2.67 bits per heavy atom. The topological polar surface area (TPSA) is 50.2 Å².